The molecule has 0 saturated heterocycles. The molecular formula is C14H26N2O2S. The van der Waals surface area contributed by atoms with Crippen LogP contribution in [-0.4, -0.2) is 19.7 Å². The van der Waals surface area contributed by atoms with Gasteiger partial charge in [-0.15, -0.1) is 0 Å². The lowest BCUT2D eigenvalue weighted by atomic mass is 9.79. The molecule has 0 aromatic carbocycles. The number of hydrogen-bond acceptors (Lipinski definition) is 3. The van der Waals surface area contributed by atoms with Gasteiger partial charge in [0.05, 0.1) is 11.8 Å². The molecule has 1 fully saturated rings. The van der Waals surface area contributed by atoms with Crippen LogP contribution in [0.2, 0.25) is 0 Å². The highest BCUT2D eigenvalue weighted by Crippen LogP contribution is 2.32. The maximum Gasteiger partial charge on any atom is 0.212 e. The minimum absolute atomic E-state index is 0.0182. The lowest BCUT2D eigenvalue weighted by Gasteiger charge is -2.34. The van der Waals surface area contributed by atoms with Gasteiger partial charge in [0.1, 0.15) is 5.54 Å². The summed E-state index contributed by atoms with van der Waals surface area (Å²) in [5.41, 5.74) is -0.890. The third kappa shape index (κ3) is 5.50. The van der Waals surface area contributed by atoms with Crippen molar-refractivity contribution in [3.63, 3.8) is 0 Å². The zero-order valence-corrected chi connectivity index (χ0v) is 13.3. The predicted molar refractivity (Wildman–Crippen MR) is 77.0 cm³/mol. The van der Waals surface area contributed by atoms with Crippen LogP contribution < -0.4 is 4.72 Å². The van der Waals surface area contributed by atoms with Gasteiger partial charge in [-0.2, -0.15) is 9.98 Å². The van der Waals surface area contributed by atoms with E-state index in [0.29, 0.717) is 25.2 Å². The SMILES string of the molecule is CC1CCC(C#N)(NS(=O)(=O)CCC(C)(C)C)CC1. The Morgan fingerprint density at radius 2 is 1.84 bits per heavy atom. The van der Waals surface area contributed by atoms with Gasteiger partial charge in [-0.05, 0) is 43.4 Å². The Balaban J connectivity index is 2.68. The number of nitrogens with zero attached hydrogens (tertiary/aromatic N) is 1. The molecule has 0 unspecified atom stereocenters. The van der Waals surface area contributed by atoms with Crippen molar-refractivity contribution in [2.75, 3.05) is 5.75 Å². The summed E-state index contributed by atoms with van der Waals surface area (Å²) in [6, 6.07) is 2.20. The Labute approximate surface area is 117 Å². The second kappa shape index (κ2) is 5.80. The van der Waals surface area contributed by atoms with Crippen molar-refractivity contribution in [2.24, 2.45) is 11.3 Å². The fourth-order valence-electron chi connectivity index (χ4n) is 2.28. The molecule has 110 valence electrons. The minimum Gasteiger partial charge on any atom is -0.212 e. The summed E-state index contributed by atoms with van der Waals surface area (Å²) in [7, 11) is -3.37. The summed E-state index contributed by atoms with van der Waals surface area (Å²) >= 11 is 0. The van der Waals surface area contributed by atoms with Crippen LogP contribution in [0, 0.1) is 22.7 Å². The fraction of sp³-hybridized carbons (Fsp3) is 0.929. The zero-order valence-electron chi connectivity index (χ0n) is 12.5. The number of hydrogen-bond donors (Lipinski definition) is 1. The largest absolute Gasteiger partial charge is 0.212 e. The lowest BCUT2D eigenvalue weighted by Crippen LogP contribution is -2.50. The maximum absolute atomic E-state index is 12.1. The normalized spacial score (nSPS) is 28.9. The summed E-state index contributed by atoms with van der Waals surface area (Å²) < 4.78 is 26.9. The van der Waals surface area contributed by atoms with Crippen molar-refractivity contribution in [3.05, 3.63) is 0 Å². The Morgan fingerprint density at radius 1 is 1.32 bits per heavy atom. The molecule has 0 amide bonds. The molecule has 1 N–H and O–H groups in total. The van der Waals surface area contributed by atoms with Crippen LogP contribution in [0.4, 0.5) is 0 Å². The summed E-state index contributed by atoms with van der Waals surface area (Å²) in [6.07, 6.45) is 3.67. The third-order valence-electron chi connectivity index (χ3n) is 3.81. The van der Waals surface area contributed by atoms with E-state index in [4.69, 9.17) is 0 Å². The van der Waals surface area contributed by atoms with Gasteiger partial charge in [0, 0.05) is 0 Å². The van der Waals surface area contributed by atoms with Crippen LogP contribution in [0.3, 0.4) is 0 Å². The van der Waals surface area contributed by atoms with Crippen LogP contribution in [0.25, 0.3) is 0 Å². The van der Waals surface area contributed by atoms with Crippen LogP contribution in [0.5, 0.6) is 0 Å². The highest BCUT2D eigenvalue weighted by molar-refractivity contribution is 7.89. The predicted octanol–water partition coefficient (Wildman–Crippen LogP) is 2.81. The molecule has 1 rings (SSSR count). The second-order valence-corrected chi connectivity index (χ2v) is 8.95. The first-order valence-electron chi connectivity index (χ1n) is 7.00. The van der Waals surface area contributed by atoms with Gasteiger partial charge in [0.2, 0.25) is 10.0 Å². The second-order valence-electron chi connectivity index (χ2n) is 7.11. The van der Waals surface area contributed by atoms with Gasteiger partial charge in [-0.3, -0.25) is 0 Å². The van der Waals surface area contributed by atoms with Crippen molar-refractivity contribution in [2.45, 2.75) is 65.3 Å². The van der Waals surface area contributed by atoms with Gasteiger partial charge in [-0.1, -0.05) is 27.7 Å². The average Bonchev–Trinajstić information content (AvgIpc) is 2.29. The van der Waals surface area contributed by atoms with Crippen molar-refractivity contribution >= 4 is 10.0 Å². The molecular weight excluding hydrogens is 260 g/mol. The molecule has 0 heterocycles. The van der Waals surface area contributed by atoms with Crippen LogP contribution >= 0.6 is 0 Å². The molecule has 1 saturated carbocycles. The summed E-state index contributed by atoms with van der Waals surface area (Å²) in [6.45, 7) is 8.20. The smallest absolute Gasteiger partial charge is 0.212 e. The van der Waals surface area contributed by atoms with Crippen molar-refractivity contribution < 1.29 is 8.42 Å². The number of nitriles is 1. The van der Waals surface area contributed by atoms with E-state index in [1.165, 1.54) is 0 Å². The lowest BCUT2D eigenvalue weighted by molar-refractivity contribution is 0.277. The molecule has 0 aromatic heterocycles. The van der Waals surface area contributed by atoms with E-state index >= 15 is 0 Å². The number of nitrogens with one attached hydrogen (secondary N) is 1. The first-order valence-corrected chi connectivity index (χ1v) is 8.66. The quantitative estimate of drug-likeness (QED) is 0.864. The van der Waals surface area contributed by atoms with Gasteiger partial charge in [-0.25, -0.2) is 8.42 Å². The van der Waals surface area contributed by atoms with Gasteiger partial charge >= 0.3 is 0 Å². The summed E-state index contributed by atoms with van der Waals surface area (Å²) in [5.74, 6) is 0.677. The Morgan fingerprint density at radius 3 is 2.26 bits per heavy atom. The Bertz CT molecular complexity index is 435. The van der Waals surface area contributed by atoms with Crippen molar-refractivity contribution in [1.82, 2.24) is 4.72 Å². The molecule has 5 heteroatoms. The molecule has 0 spiro atoms. The molecule has 1 aliphatic carbocycles. The third-order valence-corrected chi connectivity index (χ3v) is 5.26. The van der Waals surface area contributed by atoms with Crippen molar-refractivity contribution in [3.8, 4) is 6.07 Å². The molecule has 1 aliphatic rings. The Hall–Kier alpha value is -0.600. The molecule has 0 radical (unpaired) electrons. The maximum atomic E-state index is 12.1. The number of rotatable bonds is 4. The average molecular weight is 286 g/mol. The first-order chi connectivity index (χ1) is 8.58. The molecule has 19 heavy (non-hydrogen) atoms. The minimum atomic E-state index is -3.37. The van der Waals surface area contributed by atoms with E-state index in [9.17, 15) is 13.7 Å². The van der Waals surface area contributed by atoms with E-state index in [0.717, 1.165) is 12.8 Å². The molecule has 4 nitrogen and oxygen atoms in total. The van der Waals surface area contributed by atoms with Crippen LogP contribution in [-0.2, 0) is 10.0 Å². The fourth-order valence-corrected chi connectivity index (χ4v) is 4.11. The zero-order chi connectivity index (χ0) is 14.7. The van der Waals surface area contributed by atoms with E-state index < -0.39 is 15.6 Å². The van der Waals surface area contributed by atoms with Gasteiger partial charge in [0.25, 0.3) is 0 Å². The van der Waals surface area contributed by atoms with E-state index in [1.807, 2.05) is 20.8 Å². The topological polar surface area (TPSA) is 70.0 Å². The summed E-state index contributed by atoms with van der Waals surface area (Å²) in [4.78, 5) is 0. The van der Waals surface area contributed by atoms with E-state index in [-0.39, 0.29) is 11.2 Å². The molecule has 0 aromatic rings. The monoisotopic (exact) mass is 286 g/mol. The van der Waals surface area contributed by atoms with Crippen LogP contribution in [0.1, 0.15) is 59.8 Å². The van der Waals surface area contributed by atoms with E-state index in [2.05, 4.69) is 17.7 Å². The van der Waals surface area contributed by atoms with Gasteiger partial charge < -0.3 is 0 Å². The highest BCUT2D eigenvalue weighted by atomic mass is 32.2. The highest BCUT2D eigenvalue weighted by Gasteiger charge is 2.37. The Kier molecular flexibility index (Phi) is 5.02. The van der Waals surface area contributed by atoms with E-state index in [1.54, 1.807) is 0 Å². The molecule has 0 bridgehead atoms. The van der Waals surface area contributed by atoms with Crippen LogP contribution in [0.15, 0.2) is 0 Å². The van der Waals surface area contributed by atoms with Crippen molar-refractivity contribution in [1.29, 1.82) is 5.26 Å². The summed E-state index contributed by atoms with van der Waals surface area (Å²) in [5, 5.41) is 9.34. The number of sulfonamides is 1. The molecule has 0 atom stereocenters. The molecule has 0 aliphatic heterocycles. The van der Waals surface area contributed by atoms with Gasteiger partial charge in [0.15, 0.2) is 0 Å². The first kappa shape index (κ1) is 16.5. The standard InChI is InChI=1S/C14H26N2O2S/c1-12-5-7-14(11-15,8-6-12)16-19(17,18)10-9-13(2,3)4/h12,16H,5-10H2,1-4H3.